The number of aryl methyl sites for hydroxylation is 1. The predicted molar refractivity (Wildman–Crippen MR) is 120 cm³/mol. The zero-order chi connectivity index (χ0) is 20.1. The van der Waals surface area contributed by atoms with E-state index in [9.17, 15) is 4.79 Å². The van der Waals surface area contributed by atoms with Gasteiger partial charge >= 0.3 is 0 Å². The van der Waals surface area contributed by atoms with Crippen molar-refractivity contribution in [3.8, 4) is 0 Å². The Labute approximate surface area is 176 Å². The number of nitrogens with zero attached hydrogens (tertiary/aromatic N) is 3. The number of aromatic nitrogens is 1. The second kappa shape index (κ2) is 9.09. The Morgan fingerprint density at radius 3 is 2.45 bits per heavy atom. The van der Waals surface area contributed by atoms with Crippen LogP contribution in [0.1, 0.15) is 18.2 Å². The largest absolute Gasteiger partial charge is 0.368 e. The van der Waals surface area contributed by atoms with E-state index in [0.717, 1.165) is 49.1 Å². The lowest BCUT2D eigenvalue weighted by Gasteiger charge is -2.36. The lowest BCUT2D eigenvalue weighted by molar-refractivity contribution is -0.130. The molecule has 0 bridgehead atoms. The van der Waals surface area contributed by atoms with E-state index in [4.69, 9.17) is 0 Å². The van der Waals surface area contributed by atoms with Crippen molar-refractivity contribution in [1.82, 2.24) is 9.88 Å². The van der Waals surface area contributed by atoms with E-state index in [0.29, 0.717) is 6.42 Å². The highest BCUT2D eigenvalue weighted by atomic mass is 32.1. The average Bonchev–Trinajstić information content (AvgIpc) is 3.21. The van der Waals surface area contributed by atoms with Gasteiger partial charge in [-0.3, -0.25) is 4.79 Å². The SMILES string of the molecule is CCc1ccc(Nc2nc(CC(=O)N3CCN(c4ccccc4)CC3)cs2)cc1. The fraction of sp³-hybridized carbons (Fsp3) is 0.304. The molecular formula is C23H26N4OS. The van der Waals surface area contributed by atoms with Gasteiger partial charge in [-0.1, -0.05) is 37.3 Å². The van der Waals surface area contributed by atoms with Crippen LogP contribution in [0.3, 0.4) is 0 Å². The van der Waals surface area contributed by atoms with Gasteiger partial charge in [0.25, 0.3) is 0 Å². The molecule has 150 valence electrons. The minimum atomic E-state index is 0.155. The van der Waals surface area contributed by atoms with Crippen LogP contribution >= 0.6 is 11.3 Å². The van der Waals surface area contributed by atoms with E-state index in [-0.39, 0.29) is 5.91 Å². The van der Waals surface area contributed by atoms with E-state index >= 15 is 0 Å². The summed E-state index contributed by atoms with van der Waals surface area (Å²) in [5, 5.41) is 6.13. The van der Waals surface area contributed by atoms with Gasteiger partial charge in [-0.15, -0.1) is 11.3 Å². The summed E-state index contributed by atoms with van der Waals surface area (Å²) in [4.78, 5) is 21.6. The topological polar surface area (TPSA) is 48.5 Å². The van der Waals surface area contributed by atoms with Crippen molar-refractivity contribution in [2.45, 2.75) is 19.8 Å². The number of thiazole rings is 1. The minimum Gasteiger partial charge on any atom is -0.368 e. The maximum absolute atomic E-state index is 12.7. The highest BCUT2D eigenvalue weighted by Gasteiger charge is 2.22. The van der Waals surface area contributed by atoms with Crippen molar-refractivity contribution >= 4 is 33.8 Å². The molecule has 0 atom stereocenters. The zero-order valence-corrected chi connectivity index (χ0v) is 17.5. The van der Waals surface area contributed by atoms with Crippen LogP contribution in [0.5, 0.6) is 0 Å². The third kappa shape index (κ3) is 4.95. The number of nitrogens with one attached hydrogen (secondary N) is 1. The first kappa shape index (κ1) is 19.5. The number of hydrogen-bond donors (Lipinski definition) is 1. The van der Waals surface area contributed by atoms with E-state index in [1.165, 1.54) is 22.6 Å². The molecule has 0 spiro atoms. The molecule has 2 aromatic carbocycles. The van der Waals surface area contributed by atoms with Gasteiger partial charge < -0.3 is 15.1 Å². The number of anilines is 3. The molecule has 1 aromatic heterocycles. The first-order valence-electron chi connectivity index (χ1n) is 10.1. The van der Waals surface area contributed by atoms with Gasteiger partial charge in [-0.2, -0.15) is 0 Å². The number of carbonyl (C=O) groups is 1. The van der Waals surface area contributed by atoms with Gasteiger partial charge in [0.05, 0.1) is 12.1 Å². The van der Waals surface area contributed by atoms with Crippen molar-refractivity contribution < 1.29 is 4.79 Å². The summed E-state index contributed by atoms with van der Waals surface area (Å²) in [6, 6.07) is 18.8. The molecule has 29 heavy (non-hydrogen) atoms. The maximum atomic E-state index is 12.7. The number of benzene rings is 2. The summed E-state index contributed by atoms with van der Waals surface area (Å²) in [6.45, 7) is 5.40. The molecule has 3 aromatic rings. The summed E-state index contributed by atoms with van der Waals surface area (Å²) >= 11 is 1.54. The molecule has 1 saturated heterocycles. The summed E-state index contributed by atoms with van der Waals surface area (Å²) in [6.07, 6.45) is 1.39. The zero-order valence-electron chi connectivity index (χ0n) is 16.7. The number of rotatable bonds is 6. The fourth-order valence-corrected chi connectivity index (χ4v) is 4.24. The Morgan fingerprint density at radius 2 is 1.76 bits per heavy atom. The standard InChI is InChI=1S/C23H26N4OS/c1-2-18-8-10-19(11-9-18)24-23-25-20(17-29-23)16-22(28)27-14-12-26(13-15-27)21-6-4-3-5-7-21/h3-11,17H,2,12-16H2,1H3,(H,24,25). The fourth-order valence-electron chi connectivity index (χ4n) is 3.51. The van der Waals surface area contributed by atoms with Crippen LogP contribution in [-0.2, 0) is 17.6 Å². The van der Waals surface area contributed by atoms with Crippen LogP contribution in [0, 0.1) is 0 Å². The van der Waals surface area contributed by atoms with Gasteiger partial charge in [0, 0.05) is 42.9 Å². The number of carbonyl (C=O) groups excluding carboxylic acids is 1. The predicted octanol–water partition coefficient (Wildman–Crippen LogP) is 4.34. The minimum absolute atomic E-state index is 0.155. The molecule has 5 nitrogen and oxygen atoms in total. The third-order valence-corrected chi connectivity index (χ3v) is 6.06. The third-order valence-electron chi connectivity index (χ3n) is 5.25. The number of amides is 1. The lowest BCUT2D eigenvalue weighted by atomic mass is 10.1. The molecule has 0 unspecified atom stereocenters. The number of para-hydroxylation sites is 1. The van der Waals surface area contributed by atoms with Crippen LogP contribution in [0.15, 0.2) is 60.0 Å². The highest BCUT2D eigenvalue weighted by Crippen LogP contribution is 2.22. The second-order valence-corrected chi connectivity index (χ2v) is 8.06. The first-order valence-corrected chi connectivity index (χ1v) is 11.0. The lowest BCUT2D eigenvalue weighted by Crippen LogP contribution is -2.49. The second-order valence-electron chi connectivity index (χ2n) is 7.20. The van der Waals surface area contributed by atoms with Gasteiger partial charge in [-0.05, 0) is 36.2 Å². The Bertz CT molecular complexity index is 931. The van der Waals surface area contributed by atoms with Crippen molar-refractivity contribution in [1.29, 1.82) is 0 Å². The van der Waals surface area contributed by atoms with E-state index in [1.54, 1.807) is 0 Å². The Hall–Kier alpha value is -2.86. The smallest absolute Gasteiger partial charge is 0.228 e. The number of piperazine rings is 1. The van der Waals surface area contributed by atoms with Crippen molar-refractivity contribution in [2.75, 3.05) is 36.4 Å². The van der Waals surface area contributed by atoms with Crippen LogP contribution in [0.25, 0.3) is 0 Å². The molecule has 1 amide bonds. The van der Waals surface area contributed by atoms with Crippen LogP contribution in [-0.4, -0.2) is 42.0 Å². The molecule has 2 heterocycles. The van der Waals surface area contributed by atoms with E-state index < -0.39 is 0 Å². The molecule has 0 radical (unpaired) electrons. The summed E-state index contributed by atoms with van der Waals surface area (Å²) < 4.78 is 0. The molecule has 1 N–H and O–H groups in total. The van der Waals surface area contributed by atoms with Gasteiger partial charge in [0.15, 0.2) is 5.13 Å². The Kier molecular flexibility index (Phi) is 6.10. The Balaban J connectivity index is 1.29. The van der Waals surface area contributed by atoms with Crippen LogP contribution < -0.4 is 10.2 Å². The van der Waals surface area contributed by atoms with Crippen LogP contribution in [0.4, 0.5) is 16.5 Å². The molecule has 1 aliphatic rings. The summed E-state index contributed by atoms with van der Waals surface area (Å²) in [7, 11) is 0. The van der Waals surface area contributed by atoms with Crippen molar-refractivity contribution in [3.63, 3.8) is 0 Å². The quantitative estimate of drug-likeness (QED) is 0.662. The molecule has 1 fully saturated rings. The van der Waals surface area contributed by atoms with E-state index in [2.05, 4.69) is 70.7 Å². The van der Waals surface area contributed by atoms with Crippen molar-refractivity contribution in [2.24, 2.45) is 0 Å². The number of hydrogen-bond acceptors (Lipinski definition) is 5. The van der Waals surface area contributed by atoms with Gasteiger partial charge in [-0.25, -0.2) is 4.98 Å². The summed E-state index contributed by atoms with van der Waals surface area (Å²) in [5.41, 5.74) is 4.39. The maximum Gasteiger partial charge on any atom is 0.228 e. The van der Waals surface area contributed by atoms with Gasteiger partial charge in [0.1, 0.15) is 0 Å². The highest BCUT2D eigenvalue weighted by molar-refractivity contribution is 7.13. The molecule has 4 rings (SSSR count). The van der Waals surface area contributed by atoms with Gasteiger partial charge in [0.2, 0.25) is 5.91 Å². The monoisotopic (exact) mass is 406 g/mol. The first-order chi connectivity index (χ1) is 14.2. The van der Waals surface area contributed by atoms with Crippen molar-refractivity contribution in [3.05, 3.63) is 71.2 Å². The summed E-state index contributed by atoms with van der Waals surface area (Å²) in [5.74, 6) is 0.155. The molecular weight excluding hydrogens is 380 g/mol. The van der Waals surface area contributed by atoms with Crippen LogP contribution in [0.2, 0.25) is 0 Å². The molecule has 0 saturated carbocycles. The average molecular weight is 407 g/mol. The van der Waals surface area contributed by atoms with E-state index in [1.807, 2.05) is 16.3 Å². The molecule has 6 heteroatoms. The molecule has 1 aliphatic heterocycles. The molecule has 0 aliphatic carbocycles. The normalized spacial score (nSPS) is 14.1. The Morgan fingerprint density at radius 1 is 1.03 bits per heavy atom.